The van der Waals surface area contributed by atoms with Gasteiger partial charge in [0.05, 0.1) is 12.1 Å². The van der Waals surface area contributed by atoms with E-state index in [2.05, 4.69) is 10.3 Å². The molecule has 0 radical (unpaired) electrons. The van der Waals surface area contributed by atoms with Crippen LogP contribution in [0.25, 0.3) is 10.6 Å². The standard InChI is InChI=1S/C19H22F3N3O2S/c1-3-8-23-16(26)11-25(9-4-2)18(27)15-12-28-17(24-15)13-6-5-7-14(10-13)19(20,21)22/h5-7,10,12H,3-4,8-9,11H2,1-2H3,(H,23,26). The molecule has 2 aromatic rings. The fraction of sp³-hybridized carbons (Fsp3) is 0.421. The highest BCUT2D eigenvalue weighted by Crippen LogP contribution is 2.33. The van der Waals surface area contributed by atoms with Crippen LogP contribution in [0.15, 0.2) is 29.6 Å². The van der Waals surface area contributed by atoms with E-state index >= 15 is 0 Å². The maximum absolute atomic E-state index is 12.9. The van der Waals surface area contributed by atoms with Crippen LogP contribution in [-0.2, 0) is 11.0 Å². The summed E-state index contributed by atoms with van der Waals surface area (Å²) >= 11 is 1.09. The Labute approximate surface area is 165 Å². The number of hydrogen-bond acceptors (Lipinski definition) is 4. The number of carbonyl (C=O) groups is 2. The number of thiazole rings is 1. The van der Waals surface area contributed by atoms with Gasteiger partial charge in [-0.3, -0.25) is 9.59 Å². The molecule has 0 saturated heterocycles. The average molecular weight is 413 g/mol. The van der Waals surface area contributed by atoms with Crippen LogP contribution in [0, 0.1) is 0 Å². The normalized spacial score (nSPS) is 11.3. The van der Waals surface area contributed by atoms with Gasteiger partial charge in [0.15, 0.2) is 0 Å². The van der Waals surface area contributed by atoms with Crippen molar-refractivity contribution in [2.75, 3.05) is 19.6 Å². The predicted molar refractivity (Wildman–Crippen MR) is 102 cm³/mol. The smallest absolute Gasteiger partial charge is 0.355 e. The van der Waals surface area contributed by atoms with Crippen LogP contribution in [0.4, 0.5) is 13.2 Å². The third kappa shape index (κ3) is 5.79. The molecule has 0 aliphatic rings. The van der Waals surface area contributed by atoms with E-state index in [1.54, 1.807) is 0 Å². The number of hydrogen-bond donors (Lipinski definition) is 1. The van der Waals surface area contributed by atoms with E-state index in [1.807, 2.05) is 13.8 Å². The highest BCUT2D eigenvalue weighted by Gasteiger charge is 2.30. The zero-order valence-electron chi connectivity index (χ0n) is 15.7. The van der Waals surface area contributed by atoms with E-state index in [9.17, 15) is 22.8 Å². The maximum atomic E-state index is 12.9. The molecule has 1 aromatic heterocycles. The lowest BCUT2D eigenvalue weighted by Crippen LogP contribution is -2.41. The second-order valence-corrected chi connectivity index (χ2v) is 7.05. The van der Waals surface area contributed by atoms with Crippen molar-refractivity contribution in [1.29, 1.82) is 0 Å². The number of carbonyl (C=O) groups excluding carboxylic acids is 2. The van der Waals surface area contributed by atoms with Gasteiger partial charge >= 0.3 is 6.18 Å². The van der Waals surface area contributed by atoms with Crippen molar-refractivity contribution in [3.8, 4) is 10.6 Å². The monoisotopic (exact) mass is 413 g/mol. The molecule has 0 spiro atoms. The second-order valence-electron chi connectivity index (χ2n) is 6.19. The van der Waals surface area contributed by atoms with Gasteiger partial charge in [-0.2, -0.15) is 13.2 Å². The molecule has 9 heteroatoms. The highest BCUT2D eigenvalue weighted by atomic mass is 32.1. The average Bonchev–Trinajstić information content (AvgIpc) is 3.15. The maximum Gasteiger partial charge on any atom is 0.416 e. The quantitative estimate of drug-likeness (QED) is 0.705. The van der Waals surface area contributed by atoms with Crippen LogP contribution >= 0.6 is 11.3 Å². The van der Waals surface area contributed by atoms with Crippen molar-refractivity contribution in [2.45, 2.75) is 32.9 Å². The molecule has 1 aromatic carbocycles. The first-order valence-corrected chi connectivity index (χ1v) is 9.83. The van der Waals surface area contributed by atoms with E-state index in [0.717, 1.165) is 29.9 Å². The van der Waals surface area contributed by atoms with Gasteiger partial charge in [-0.25, -0.2) is 4.98 Å². The van der Waals surface area contributed by atoms with Crippen LogP contribution < -0.4 is 5.32 Å². The molecule has 0 aliphatic carbocycles. The molecule has 28 heavy (non-hydrogen) atoms. The molecular formula is C19H22F3N3O2S. The summed E-state index contributed by atoms with van der Waals surface area (Å²) in [6, 6.07) is 4.82. The first kappa shape index (κ1) is 21.9. The van der Waals surface area contributed by atoms with Crippen LogP contribution in [0.2, 0.25) is 0 Å². The highest BCUT2D eigenvalue weighted by molar-refractivity contribution is 7.13. The summed E-state index contributed by atoms with van der Waals surface area (Å²) in [5, 5.41) is 4.55. The molecule has 5 nitrogen and oxygen atoms in total. The summed E-state index contributed by atoms with van der Waals surface area (Å²) < 4.78 is 38.7. The van der Waals surface area contributed by atoms with Crippen LogP contribution in [0.5, 0.6) is 0 Å². The molecule has 2 amide bonds. The Morgan fingerprint density at radius 1 is 1.21 bits per heavy atom. The number of halogens is 3. The van der Waals surface area contributed by atoms with Crippen molar-refractivity contribution in [1.82, 2.24) is 15.2 Å². The minimum atomic E-state index is -4.45. The van der Waals surface area contributed by atoms with Gasteiger partial charge in [0, 0.05) is 24.0 Å². The lowest BCUT2D eigenvalue weighted by atomic mass is 10.1. The number of nitrogens with one attached hydrogen (secondary N) is 1. The minimum absolute atomic E-state index is 0.0803. The molecule has 0 fully saturated rings. The van der Waals surface area contributed by atoms with Crippen molar-refractivity contribution in [3.63, 3.8) is 0 Å². The van der Waals surface area contributed by atoms with Gasteiger partial charge in [0.25, 0.3) is 5.91 Å². The van der Waals surface area contributed by atoms with E-state index in [1.165, 1.54) is 22.4 Å². The topological polar surface area (TPSA) is 62.3 Å². The predicted octanol–water partition coefficient (Wildman–Crippen LogP) is 4.21. The molecule has 0 aliphatic heterocycles. The number of benzene rings is 1. The van der Waals surface area contributed by atoms with Gasteiger partial charge in [-0.1, -0.05) is 26.0 Å². The third-order valence-corrected chi connectivity index (χ3v) is 4.74. The Hall–Kier alpha value is -2.42. The van der Waals surface area contributed by atoms with Gasteiger partial charge in [0.2, 0.25) is 5.91 Å². The summed E-state index contributed by atoms with van der Waals surface area (Å²) in [7, 11) is 0. The molecule has 152 valence electrons. The molecular weight excluding hydrogens is 391 g/mol. The number of nitrogens with zero attached hydrogens (tertiary/aromatic N) is 2. The van der Waals surface area contributed by atoms with Gasteiger partial charge in [0.1, 0.15) is 10.7 Å². The van der Waals surface area contributed by atoms with Crippen LogP contribution in [0.1, 0.15) is 42.7 Å². The third-order valence-electron chi connectivity index (χ3n) is 3.85. The van der Waals surface area contributed by atoms with Crippen molar-refractivity contribution >= 4 is 23.2 Å². The largest absolute Gasteiger partial charge is 0.416 e. The fourth-order valence-corrected chi connectivity index (χ4v) is 3.30. The van der Waals surface area contributed by atoms with E-state index in [0.29, 0.717) is 30.1 Å². The van der Waals surface area contributed by atoms with E-state index in [4.69, 9.17) is 0 Å². The van der Waals surface area contributed by atoms with Crippen molar-refractivity contribution in [2.24, 2.45) is 0 Å². The molecule has 2 rings (SSSR count). The zero-order valence-corrected chi connectivity index (χ0v) is 16.5. The SMILES string of the molecule is CCCNC(=O)CN(CCC)C(=O)c1csc(-c2cccc(C(F)(F)F)c2)n1. The molecule has 0 unspecified atom stereocenters. The fourth-order valence-electron chi connectivity index (χ4n) is 2.51. The van der Waals surface area contributed by atoms with E-state index < -0.39 is 17.6 Å². The summed E-state index contributed by atoms with van der Waals surface area (Å²) in [5.74, 6) is -0.667. The summed E-state index contributed by atoms with van der Waals surface area (Å²) in [5.41, 5.74) is -0.357. The lowest BCUT2D eigenvalue weighted by molar-refractivity contribution is -0.137. The summed E-state index contributed by atoms with van der Waals surface area (Å²) in [4.78, 5) is 30.3. The van der Waals surface area contributed by atoms with Crippen molar-refractivity contribution in [3.05, 3.63) is 40.9 Å². The molecule has 1 heterocycles. The molecule has 0 saturated carbocycles. The first-order chi connectivity index (χ1) is 13.3. The Kier molecular flexibility index (Phi) is 7.56. The molecule has 1 N–H and O–H groups in total. The number of aromatic nitrogens is 1. The van der Waals surface area contributed by atoms with Crippen molar-refractivity contribution < 1.29 is 22.8 Å². The van der Waals surface area contributed by atoms with Gasteiger partial charge in [-0.15, -0.1) is 11.3 Å². The van der Waals surface area contributed by atoms with Gasteiger partial charge in [-0.05, 0) is 25.0 Å². The molecule has 0 atom stereocenters. The zero-order chi connectivity index (χ0) is 20.7. The van der Waals surface area contributed by atoms with Crippen LogP contribution in [0.3, 0.4) is 0 Å². The van der Waals surface area contributed by atoms with Crippen LogP contribution in [-0.4, -0.2) is 41.3 Å². The molecule has 0 bridgehead atoms. The Bertz CT molecular complexity index is 821. The Morgan fingerprint density at radius 2 is 1.96 bits per heavy atom. The summed E-state index contributed by atoms with van der Waals surface area (Å²) in [6.45, 7) is 4.65. The number of amides is 2. The lowest BCUT2D eigenvalue weighted by Gasteiger charge is -2.20. The second kappa shape index (κ2) is 9.68. The number of rotatable bonds is 8. The Morgan fingerprint density at radius 3 is 2.61 bits per heavy atom. The Balaban J connectivity index is 2.18. The first-order valence-electron chi connectivity index (χ1n) is 8.95. The van der Waals surface area contributed by atoms with E-state index in [-0.39, 0.29) is 18.1 Å². The minimum Gasteiger partial charge on any atom is -0.355 e. The van der Waals surface area contributed by atoms with Gasteiger partial charge < -0.3 is 10.2 Å². The summed E-state index contributed by atoms with van der Waals surface area (Å²) in [6.07, 6.45) is -2.99. The number of alkyl halides is 3.